The predicted octanol–water partition coefficient (Wildman–Crippen LogP) is 8.67. The Kier molecular flexibility index (Phi) is 11.8. The Bertz CT molecular complexity index is 2370. The molecule has 1 unspecified atom stereocenters. The van der Waals surface area contributed by atoms with Gasteiger partial charge in [-0.1, -0.05) is 24.3 Å². The largest absolute Gasteiger partial charge is 0.348 e. The summed E-state index contributed by atoms with van der Waals surface area (Å²) in [6, 6.07) is 22.5. The first kappa shape index (κ1) is 42.2. The van der Waals surface area contributed by atoms with E-state index >= 15 is 0 Å². The van der Waals surface area contributed by atoms with Gasteiger partial charge in [0.25, 0.3) is 0 Å². The Balaban J connectivity index is 0.000000153. The van der Waals surface area contributed by atoms with Gasteiger partial charge in [0.2, 0.25) is 0 Å². The number of hydrogen-bond donors (Lipinski definition) is 1. The number of aldehydes is 1. The van der Waals surface area contributed by atoms with Crippen LogP contribution in [-0.2, 0) is 55.5 Å². The molecule has 2 saturated carbocycles. The van der Waals surface area contributed by atoms with Crippen LogP contribution in [0.4, 0.5) is 4.39 Å². The van der Waals surface area contributed by atoms with E-state index in [0.717, 1.165) is 119 Å². The Morgan fingerprint density at radius 1 is 0.667 bits per heavy atom. The van der Waals surface area contributed by atoms with Gasteiger partial charge in [-0.15, -0.1) is 0 Å². The van der Waals surface area contributed by atoms with Gasteiger partial charge in [0, 0.05) is 72.7 Å². The van der Waals surface area contributed by atoms with E-state index in [2.05, 4.69) is 46.5 Å². The predicted molar refractivity (Wildman–Crippen MR) is 235 cm³/mol. The van der Waals surface area contributed by atoms with Gasteiger partial charge >= 0.3 is 0 Å². The van der Waals surface area contributed by atoms with Crippen molar-refractivity contribution in [3.63, 3.8) is 0 Å². The van der Waals surface area contributed by atoms with Crippen LogP contribution in [0.15, 0.2) is 97.6 Å². The minimum atomic E-state index is -0.429. The van der Waals surface area contributed by atoms with E-state index < -0.39 is 11.6 Å². The third-order valence-electron chi connectivity index (χ3n) is 15.4. The van der Waals surface area contributed by atoms with Crippen molar-refractivity contribution in [2.45, 2.75) is 118 Å². The molecule has 1 aromatic carbocycles. The first-order valence-corrected chi connectivity index (χ1v) is 23.1. The van der Waals surface area contributed by atoms with Gasteiger partial charge in [-0.3, -0.25) is 24.7 Å². The Morgan fingerprint density at radius 3 is 1.70 bits per heavy atom. The number of nitrogens with two attached hydrogens (primary N) is 1. The number of aromatic nitrogens is 4. The second-order valence-electron chi connectivity index (χ2n) is 18.8. The first-order valence-electron chi connectivity index (χ1n) is 23.1. The molecule has 63 heavy (non-hydrogen) atoms. The van der Waals surface area contributed by atoms with E-state index in [1.54, 1.807) is 12.1 Å². The molecule has 0 radical (unpaired) electrons. The molecule has 4 fully saturated rings. The molecule has 4 aromatic heterocycles. The molecule has 4 aliphatic carbocycles. The van der Waals surface area contributed by atoms with E-state index in [1.165, 1.54) is 34.4 Å². The SMILES string of the molecule is NC(c1ccc(F)cc1)c1cc2c(cn1)[C@]1(Cc3ccccn3)CCC3(C[C@H]1CCC2)OCCO3.O=Cc1cc2c(cn1)[C@]1(Cc3ccccn3)CCC3(C[C@H]1CCC2)OCCO3. The van der Waals surface area contributed by atoms with E-state index in [9.17, 15) is 9.18 Å². The molecule has 2 spiro atoms. The number of hydrogen-bond acceptors (Lipinski definition) is 10. The number of fused-ring (bicyclic) bond motifs is 6. The molecule has 5 aromatic rings. The van der Waals surface area contributed by atoms with Crippen molar-refractivity contribution in [1.29, 1.82) is 0 Å². The molecule has 6 aliphatic rings. The fraction of sp³-hybridized carbons (Fsp3) is 0.481. The summed E-state index contributed by atoms with van der Waals surface area (Å²) >= 11 is 0. The summed E-state index contributed by atoms with van der Waals surface area (Å²) in [6.07, 6.45) is 22.5. The van der Waals surface area contributed by atoms with Crippen molar-refractivity contribution < 1.29 is 28.1 Å². The van der Waals surface area contributed by atoms with Crippen molar-refractivity contribution in [2.75, 3.05) is 26.4 Å². The fourth-order valence-electron chi connectivity index (χ4n) is 12.4. The molecule has 2 saturated heterocycles. The van der Waals surface area contributed by atoms with Gasteiger partial charge in [-0.05, 0) is 152 Å². The van der Waals surface area contributed by atoms with Gasteiger partial charge in [-0.25, -0.2) is 4.39 Å². The quantitative estimate of drug-likeness (QED) is 0.159. The molecule has 328 valence electrons. The van der Waals surface area contributed by atoms with Crippen LogP contribution in [0.5, 0.6) is 0 Å². The molecule has 11 rings (SSSR count). The average molecular weight is 852 g/mol. The number of pyridine rings is 4. The zero-order valence-electron chi connectivity index (χ0n) is 36.1. The highest BCUT2D eigenvalue weighted by Crippen LogP contribution is 2.56. The molecule has 0 bridgehead atoms. The summed E-state index contributed by atoms with van der Waals surface area (Å²) < 4.78 is 37.9. The van der Waals surface area contributed by atoms with Gasteiger partial charge < -0.3 is 24.7 Å². The van der Waals surface area contributed by atoms with Gasteiger partial charge in [0.15, 0.2) is 17.9 Å². The number of ether oxygens (including phenoxy) is 4. The number of nitrogens with zero attached hydrogens (tertiary/aromatic N) is 4. The van der Waals surface area contributed by atoms with Crippen molar-refractivity contribution >= 4 is 6.29 Å². The summed E-state index contributed by atoms with van der Waals surface area (Å²) in [5, 5.41) is 0. The third-order valence-corrected chi connectivity index (χ3v) is 15.4. The molecule has 10 nitrogen and oxygen atoms in total. The van der Waals surface area contributed by atoms with Crippen LogP contribution in [0.2, 0.25) is 0 Å². The lowest BCUT2D eigenvalue weighted by molar-refractivity contribution is -0.199. The number of halogens is 1. The van der Waals surface area contributed by atoms with E-state index in [-0.39, 0.29) is 22.7 Å². The molecular weight excluding hydrogens is 794 g/mol. The average Bonchev–Trinajstić information content (AvgIpc) is 3.91. The van der Waals surface area contributed by atoms with Crippen LogP contribution in [0, 0.1) is 17.7 Å². The van der Waals surface area contributed by atoms with Crippen LogP contribution >= 0.6 is 0 Å². The van der Waals surface area contributed by atoms with Gasteiger partial charge in [0.1, 0.15) is 11.5 Å². The maximum atomic E-state index is 13.4. The van der Waals surface area contributed by atoms with Crippen LogP contribution in [-0.4, -0.2) is 64.2 Å². The van der Waals surface area contributed by atoms with E-state index in [1.807, 2.05) is 36.8 Å². The highest BCUT2D eigenvalue weighted by atomic mass is 19.1. The standard InChI is InChI=1S/C29H32FN3O2.C23H26N2O3/c30-23-9-7-20(8-10-23)27(31)26-16-21-4-3-5-22-17-29(34-14-15-35-29)12-11-28(22,25(21)19-33-26)18-24-6-1-2-13-32-24;26-16-20-12-17-4-3-5-18-13-23(27-10-11-28-23)8-7-22(18,21(17)15-25-20)14-19-6-1-2-9-24-19/h1-2,6-10,13,16,19,22,27H,3-5,11-12,14-15,17-18,31H2;1-2,6,9,12,15-16,18H,3-5,7-8,10-11,13-14H2/t22-,27?,28+;18-,22+/m11/s1. The number of benzene rings is 1. The van der Waals surface area contributed by atoms with Crippen LogP contribution < -0.4 is 5.73 Å². The van der Waals surface area contributed by atoms with Crippen LogP contribution in [0.1, 0.15) is 126 Å². The van der Waals surface area contributed by atoms with E-state index in [0.29, 0.717) is 44.0 Å². The molecule has 5 atom stereocenters. The zero-order valence-corrected chi connectivity index (χ0v) is 36.1. The lowest BCUT2D eigenvalue weighted by Gasteiger charge is -2.49. The van der Waals surface area contributed by atoms with Crippen LogP contribution in [0.3, 0.4) is 0 Å². The molecule has 0 amide bonds. The minimum absolute atomic E-state index is 0.0326. The first-order chi connectivity index (χ1) is 30.8. The monoisotopic (exact) mass is 851 g/mol. The fourth-order valence-corrected chi connectivity index (χ4v) is 12.4. The maximum absolute atomic E-state index is 13.4. The van der Waals surface area contributed by atoms with E-state index in [4.69, 9.17) is 34.6 Å². The second-order valence-corrected chi connectivity index (χ2v) is 18.8. The normalized spacial score (nSPS) is 27.1. The lowest BCUT2D eigenvalue weighted by atomic mass is 9.58. The lowest BCUT2D eigenvalue weighted by Crippen LogP contribution is -2.49. The van der Waals surface area contributed by atoms with Crippen molar-refractivity contribution in [1.82, 2.24) is 19.9 Å². The topological polar surface area (TPSA) is 132 Å². The van der Waals surface area contributed by atoms with Crippen molar-refractivity contribution in [2.24, 2.45) is 17.6 Å². The summed E-state index contributed by atoms with van der Waals surface area (Å²) in [5.74, 6) is -0.216. The Hall–Kier alpha value is -4.78. The zero-order chi connectivity index (χ0) is 42.9. The van der Waals surface area contributed by atoms with Gasteiger partial charge in [0.05, 0.1) is 38.2 Å². The van der Waals surface area contributed by atoms with Crippen molar-refractivity contribution in [3.8, 4) is 0 Å². The highest BCUT2D eigenvalue weighted by Gasteiger charge is 2.55. The Morgan fingerprint density at radius 2 is 1.19 bits per heavy atom. The molecule has 11 heteroatoms. The molecule has 6 heterocycles. The number of carbonyl (C=O) groups excluding carboxylic acids is 1. The smallest absolute Gasteiger partial charge is 0.168 e. The third kappa shape index (κ3) is 8.27. The summed E-state index contributed by atoms with van der Waals surface area (Å²) in [6.45, 7) is 2.76. The molecular formula is C52H58FN5O5. The summed E-state index contributed by atoms with van der Waals surface area (Å²) in [5.41, 5.74) is 16.2. The summed E-state index contributed by atoms with van der Waals surface area (Å²) in [4.78, 5) is 30.0. The van der Waals surface area contributed by atoms with Gasteiger partial charge in [-0.2, -0.15) is 0 Å². The highest BCUT2D eigenvalue weighted by molar-refractivity contribution is 5.72. The number of aryl methyl sites for hydroxylation is 2. The molecule has 2 N–H and O–H groups in total. The minimum Gasteiger partial charge on any atom is -0.348 e. The maximum Gasteiger partial charge on any atom is 0.168 e. The molecule has 2 aliphatic heterocycles. The second kappa shape index (κ2) is 17.7. The number of carbonyl (C=O) groups is 1. The Labute approximate surface area is 369 Å². The van der Waals surface area contributed by atoms with Crippen molar-refractivity contribution in [3.05, 3.63) is 154 Å². The summed E-state index contributed by atoms with van der Waals surface area (Å²) in [7, 11) is 0. The number of rotatable bonds is 7. The van der Waals surface area contributed by atoms with Crippen LogP contribution in [0.25, 0.3) is 0 Å².